The smallest absolute Gasteiger partial charge is 0.131 e. The summed E-state index contributed by atoms with van der Waals surface area (Å²) in [4.78, 5) is 0. The third-order valence-electron chi connectivity index (χ3n) is 5.08. The van der Waals surface area contributed by atoms with Crippen LogP contribution in [-0.2, 0) is 6.42 Å². The molecule has 0 aromatic heterocycles. The Balaban J connectivity index is 2.13. The highest BCUT2D eigenvalue weighted by Gasteiger charge is 2.16. The van der Waals surface area contributed by atoms with Crippen molar-refractivity contribution in [3.05, 3.63) is 59.4 Å². The van der Waals surface area contributed by atoms with E-state index in [0.717, 1.165) is 24.8 Å². The molecule has 0 amide bonds. The number of benzene rings is 2. The van der Waals surface area contributed by atoms with Crippen molar-refractivity contribution in [3.63, 3.8) is 0 Å². The third kappa shape index (κ3) is 4.35. The van der Waals surface area contributed by atoms with Gasteiger partial charge in [-0.2, -0.15) is 0 Å². The van der Waals surface area contributed by atoms with Crippen molar-refractivity contribution in [1.82, 2.24) is 0 Å². The summed E-state index contributed by atoms with van der Waals surface area (Å²) in [5.41, 5.74) is 5.48. The molecular formula is C24H29FO. The maximum Gasteiger partial charge on any atom is 0.131 e. The first kappa shape index (κ1) is 18.7. The molecule has 1 nitrogen and oxygen atoms in total. The fourth-order valence-electron chi connectivity index (χ4n) is 3.79. The lowest BCUT2D eigenvalue weighted by atomic mass is 9.88. The summed E-state index contributed by atoms with van der Waals surface area (Å²) in [5, 5.41) is 0. The molecule has 0 radical (unpaired) electrons. The zero-order valence-electron chi connectivity index (χ0n) is 16.1. The number of allylic oxidation sites excluding steroid dienone is 2. The summed E-state index contributed by atoms with van der Waals surface area (Å²) >= 11 is 0. The molecule has 0 saturated carbocycles. The van der Waals surface area contributed by atoms with Crippen molar-refractivity contribution in [2.24, 2.45) is 5.92 Å². The molecule has 1 aliphatic carbocycles. The van der Waals surface area contributed by atoms with Crippen LogP contribution in [0.2, 0.25) is 0 Å². The van der Waals surface area contributed by atoms with Crippen molar-refractivity contribution in [2.45, 2.75) is 52.4 Å². The Bertz CT molecular complexity index is 789. The van der Waals surface area contributed by atoms with Gasteiger partial charge in [-0.3, -0.25) is 0 Å². The Kier molecular flexibility index (Phi) is 6.13. The van der Waals surface area contributed by atoms with E-state index >= 15 is 0 Å². The Labute approximate surface area is 156 Å². The van der Waals surface area contributed by atoms with E-state index in [1.807, 2.05) is 6.07 Å². The minimum atomic E-state index is -0.196. The maximum atomic E-state index is 14.7. The van der Waals surface area contributed by atoms with Gasteiger partial charge in [0.1, 0.15) is 11.6 Å². The van der Waals surface area contributed by atoms with Crippen molar-refractivity contribution in [2.75, 3.05) is 7.11 Å². The molecular weight excluding hydrogens is 323 g/mol. The molecule has 3 rings (SSSR count). The molecule has 1 aliphatic rings. The standard InChI is InChI=1S/C24H29FO/c1-17(2)14-18-10-12-21(23-16-20(26-3)11-13-24(23)25)22(15-18)19-8-6-4-5-7-9-19/h8,10-13,15-17H,4-7,9,14H2,1-3H3. The Morgan fingerprint density at radius 1 is 0.962 bits per heavy atom. The second kappa shape index (κ2) is 8.53. The lowest BCUT2D eigenvalue weighted by molar-refractivity contribution is 0.414. The molecule has 2 aromatic carbocycles. The van der Waals surface area contributed by atoms with Gasteiger partial charge in [-0.1, -0.05) is 44.5 Å². The van der Waals surface area contributed by atoms with Crippen LogP contribution in [0.15, 0.2) is 42.5 Å². The summed E-state index contributed by atoms with van der Waals surface area (Å²) in [7, 11) is 1.62. The summed E-state index contributed by atoms with van der Waals surface area (Å²) < 4.78 is 20.0. The van der Waals surface area contributed by atoms with Crippen molar-refractivity contribution >= 4 is 5.57 Å². The van der Waals surface area contributed by atoms with Crippen LogP contribution in [0.5, 0.6) is 5.75 Å². The van der Waals surface area contributed by atoms with Gasteiger partial charge >= 0.3 is 0 Å². The van der Waals surface area contributed by atoms with E-state index in [4.69, 9.17) is 4.74 Å². The molecule has 2 heteroatoms. The molecule has 0 saturated heterocycles. The van der Waals surface area contributed by atoms with E-state index in [2.05, 4.69) is 38.1 Å². The summed E-state index contributed by atoms with van der Waals surface area (Å²) in [6.45, 7) is 4.47. The summed E-state index contributed by atoms with van der Waals surface area (Å²) in [5.74, 6) is 1.09. The normalized spacial score (nSPS) is 14.9. The average Bonchev–Trinajstić information content (AvgIpc) is 2.91. The molecule has 0 heterocycles. The SMILES string of the molecule is COc1ccc(F)c(-c2ccc(CC(C)C)cc2C2=CCCCCC2)c1. The van der Waals surface area contributed by atoms with Crippen LogP contribution in [-0.4, -0.2) is 7.11 Å². The number of ether oxygens (including phenoxy) is 1. The fourth-order valence-corrected chi connectivity index (χ4v) is 3.79. The zero-order valence-corrected chi connectivity index (χ0v) is 16.1. The quantitative estimate of drug-likeness (QED) is 0.560. The highest BCUT2D eigenvalue weighted by molar-refractivity contribution is 5.82. The molecule has 0 atom stereocenters. The van der Waals surface area contributed by atoms with Gasteiger partial charge in [0, 0.05) is 5.56 Å². The first-order chi connectivity index (χ1) is 12.6. The molecule has 2 aromatic rings. The van der Waals surface area contributed by atoms with Crippen LogP contribution < -0.4 is 4.74 Å². The molecule has 138 valence electrons. The van der Waals surface area contributed by atoms with Gasteiger partial charge in [0.2, 0.25) is 0 Å². The lowest BCUT2D eigenvalue weighted by Crippen LogP contribution is -1.99. The largest absolute Gasteiger partial charge is 0.497 e. The Morgan fingerprint density at radius 3 is 2.58 bits per heavy atom. The predicted octanol–water partition coefficient (Wildman–Crippen LogP) is 7.05. The topological polar surface area (TPSA) is 9.23 Å². The maximum absolute atomic E-state index is 14.7. The highest BCUT2D eigenvalue weighted by Crippen LogP contribution is 2.37. The van der Waals surface area contributed by atoms with Crippen LogP contribution in [0.4, 0.5) is 4.39 Å². The molecule has 0 fully saturated rings. The van der Waals surface area contributed by atoms with Crippen LogP contribution >= 0.6 is 0 Å². The van der Waals surface area contributed by atoms with Gasteiger partial charge < -0.3 is 4.74 Å². The number of methoxy groups -OCH3 is 1. The van der Waals surface area contributed by atoms with Crippen molar-refractivity contribution in [1.29, 1.82) is 0 Å². The number of halogens is 1. The molecule has 0 bridgehead atoms. The molecule has 0 N–H and O–H groups in total. The Morgan fingerprint density at radius 2 is 1.81 bits per heavy atom. The molecule has 0 unspecified atom stereocenters. The van der Waals surface area contributed by atoms with Crippen LogP contribution in [0.3, 0.4) is 0 Å². The van der Waals surface area contributed by atoms with E-state index in [1.165, 1.54) is 42.0 Å². The van der Waals surface area contributed by atoms with Gasteiger partial charge in [0.25, 0.3) is 0 Å². The minimum Gasteiger partial charge on any atom is -0.497 e. The zero-order chi connectivity index (χ0) is 18.5. The minimum absolute atomic E-state index is 0.196. The van der Waals surface area contributed by atoms with E-state index < -0.39 is 0 Å². The molecule has 26 heavy (non-hydrogen) atoms. The van der Waals surface area contributed by atoms with E-state index in [-0.39, 0.29) is 5.82 Å². The first-order valence-electron chi connectivity index (χ1n) is 9.74. The number of hydrogen-bond acceptors (Lipinski definition) is 1. The average molecular weight is 352 g/mol. The third-order valence-corrected chi connectivity index (χ3v) is 5.08. The number of rotatable bonds is 5. The second-order valence-electron chi connectivity index (χ2n) is 7.65. The monoisotopic (exact) mass is 352 g/mol. The van der Waals surface area contributed by atoms with Gasteiger partial charge in [-0.05, 0) is 78.5 Å². The lowest BCUT2D eigenvalue weighted by Gasteiger charge is -2.17. The molecule has 0 spiro atoms. The number of hydrogen-bond donors (Lipinski definition) is 0. The van der Waals surface area contributed by atoms with E-state index in [1.54, 1.807) is 13.2 Å². The van der Waals surface area contributed by atoms with Gasteiger partial charge in [0.15, 0.2) is 0 Å². The first-order valence-corrected chi connectivity index (χ1v) is 9.74. The van der Waals surface area contributed by atoms with Gasteiger partial charge in [-0.15, -0.1) is 0 Å². The van der Waals surface area contributed by atoms with E-state index in [0.29, 0.717) is 17.2 Å². The highest BCUT2D eigenvalue weighted by atomic mass is 19.1. The fraction of sp³-hybridized carbons (Fsp3) is 0.417. The van der Waals surface area contributed by atoms with E-state index in [9.17, 15) is 4.39 Å². The predicted molar refractivity (Wildman–Crippen MR) is 108 cm³/mol. The van der Waals surface area contributed by atoms with Crippen LogP contribution in [0.25, 0.3) is 16.7 Å². The Hall–Kier alpha value is -2.09. The van der Waals surface area contributed by atoms with Crippen molar-refractivity contribution < 1.29 is 9.13 Å². The molecule has 0 aliphatic heterocycles. The summed E-state index contributed by atoms with van der Waals surface area (Å²) in [6, 6.07) is 11.5. The van der Waals surface area contributed by atoms with Crippen LogP contribution in [0, 0.1) is 11.7 Å². The van der Waals surface area contributed by atoms with Gasteiger partial charge in [0.05, 0.1) is 7.11 Å². The van der Waals surface area contributed by atoms with Crippen molar-refractivity contribution in [3.8, 4) is 16.9 Å². The van der Waals surface area contributed by atoms with Crippen LogP contribution in [0.1, 0.15) is 57.1 Å². The second-order valence-corrected chi connectivity index (χ2v) is 7.65. The van der Waals surface area contributed by atoms with Gasteiger partial charge in [-0.25, -0.2) is 4.39 Å². The summed E-state index contributed by atoms with van der Waals surface area (Å²) in [6.07, 6.45) is 9.32.